The van der Waals surface area contributed by atoms with E-state index in [1.807, 2.05) is 0 Å². The van der Waals surface area contributed by atoms with Crippen molar-refractivity contribution in [2.24, 2.45) is 0 Å². The van der Waals surface area contributed by atoms with Gasteiger partial charge in [-0.1, -0.05) is 13.3 Å². The van der Waals surface area contributed by atoms with Gasteiger partial charge in [-0.2, -0.15) is 0 Å². The number of quaternary nitrogens is 1. The van der Waals surface area contributed by atoms with Crippen LogP contribution in [0.15, 0.2) is 24.6 Å². The fraction of sp³-hybridized carbons (Fsp3) is 0.600. The molecule has 62 valence electrons. The van der Waals surface area contributed by atoms with Crippen LogP contribution in [0.1, 0.15) is 26.2 Å². The van der Waals surface area contributed by atoms with E-state index in [1.165, 1.54) is 25.8 Å². The standard InChI is InChI=1S/C10H18N/c1-3-4-5-8-11(2)9-6-7-10-11/h6-7,9-10H,3-5,8H2,1-2H3/q+1. The van der Waals surface area contributed by atoms with Crippen molar-refractivity contribution in [2.75, 3.05) is 13.6 Å². The molecule has 1 rings (SSSR count). The number of unbranched alkanes of at least 4 members (excludes halogenated alkanes) is 2. The van der Waals surface area contributed by atoms with Crippen molar-refractivity contribution in [3.63, 3.8) is 0 Å². The predicted octanol–water partition coefficient (Wildman–Crippen LogP) is 2.66. The molecule has 0 unspecified atom stereocenters. The summed E-state index contributed by atoms with van der Waals surface area (Å²) in [6, 6.07) is 0. The summed E-state index contributed by atoms with van der Waals surface area (Å²) in [5, 5.41) is 0. The van der Waals surface area contributed by atoms with Crippen LogP contribution >= 0.6 is 0 Å². The summed E-state index contributed by atoms with van der Waals surface area (Å²) in [4.78, 5) is 0. The van der Waals surface area contributed by atoms with Crippen LogP contribution in [0.3, 0.4) is 0 Å². The summed E-state index contributed by atoms with van der Waals surface area (Å²) < 4.78 is 1.00. The first-order valence-corrected chi connectivity index (χ1v) is 4.49. The van der Waals surface area contributed by atoms with Crippen molar-refractivity contribution in [2.45, 2.75) is 26.2 Å². The van der Waals surface area contributed by atoms with Crippen molar-refractivity contribution in [3.05, 3.63) is 24.6 Å². The molecule has 0 atom stereocenters. The topological polar surface area (TPSA) is 0 Å². The van der Waals surface area contributed by atoms with E-state index in [1.54, 1.807) is 0 Å². The van der Waals surface area contributed by atoms with Gasteiger partial charge in [0.25, 0.3) is 0 Å². The van der Waals surface area contributed by atoms with Gasteiger partial charge < -0.3 is 0 Å². The van der Waals surface area contributed by atoms with Gasteiger partial charge in [0.1, 0.15) is 12.4 Å². The van der Waals surface area contributed by atoms with Crippen LogP contribution in [0, 0.1) is 0 Å². The Morgan fingerprint density at radius 1 is 1.09 bits per heavy atom. The van der Waals surface area contributed by atoms with Crippen molar-refractivity contribution >= 4 is 0 Å². The third kappa shape index (κ3) is 2.51. The zero-order valence-electron chi connectivity index (χ0n) is 7.59. The van der Waals surface area contributed by atoms with Crippen molar-refractivity contribution < 1.29 is 4.48 Å². The smallest absolute Gasteiger partial charge is 0.100 e. The van der Waals surface area contributed by atoms with Gasteiger partial charge in [0.15, 0.2) is 0 Å². The molecule has 0 saturated heterocycles. The van der Waals surface area contributed by atoms with E-state index in [2.05, 4.69) is 38.5 Å². The van der Waals surface area contributed by atoms with E-state index in [-0.39, 0.29) is 0 Å². The second kappa shape index (κ2) is 3.72. The minimum absolute atomic E-state index is 1.00. The maximum atomic E-state index is 2.25. The number of hydrogen-bond acceptors (Lipinski definition) is 0. The molecule has 1 heteroatoms. The van der Waals surface area contributed by atoms with E-state index >= 15 is 0 Å². The SMILES string of the molecule is CCCCC[N+]1(C)C=CC=C1. The molecule has 11 heavy (non-hydrogen) atoms. The number of hydrogen-bond donors (Lipinski definition) is 0. The molecule has 0 aromatic rings. The zero-order chi connectivity index (χ0) is 8.16. The summed E-state index contributed by atoms with van der Waals surface area (Å²) in [5.41, 5.74) is 0. The van der Waals surface area contributed by atoms with Gasteiger partial charge in [0.05, 0.1) is 13.6 Å². The molecule has 1 heterocycles. The van der Waals surface area contributed by atoms with E-state index < -0.39 is 0 Å². The highest BCUT2D eigenvalue weighted by atomic mass is 15.3. The fourth-order valence-electron chi connectivity index (χ4n) is 1.39. The van der Waals surface area contributed by atoms with Gasteiger partial charge in [-0.05, 0) is 25.0 Å². The average molecular weight is 152 g/mol. The molecule has 0 radical (unpaired) electrons. The quantitative estimate of drug-likeness (QED) is 0.429. The third-order valence-corrected chi connectivity index (χ3v) is 2.21. The van der Waals surface area contributed by atoms with Crippen molar-refractivity contribution in [1.82, 2.24) is 0 Å². The molecule has 0 fully saturated rings. The van der Waals surface area contributed by atoms with E-state index in [9.17, 15) is 0 Å². The summed E-state index contributed by atoms with van der Waals surface area (Å²) in [5.74, 6) is 0. The Kier molecular flexibility index (Phi) is 2.89. The predicted molar refractivity (Wildman–Crippen MR) is 48.9 cm³/mol. The van der Waals surface area contributed by atoms with E-state index in [0.717, 1.165) is 4.48 Å². The monoisotopic (exact) mass is 152 g/mol. The summed E-state index contributed by atoms with van der Waals surface area (Å²) in [6.45, 7) is 3.50. The highest BCUT2D eigenvalue weighted by molar-refractivity contribution is 5.03. The minimum Gasteiger partial charge on any atom is -0.273 e. The minimum atomic E-state index is 1.00. The third-order valence-electron chi connectivity index (χ3n) is 2.21. The zero-order valence-corrected chi connectivity index (χ0v) is 7.59. The molecule has 0 aromatic heterocycles. The van der Waals surface area contributed by atoms with Gasteiger partial charge in [-0.3, -0.25) is 4.48 Å². The maximum absolute atomic E-state index is 2.25. The highest BCUT2D eigenvalue weighted by Gasteiger charge is 2.16. The molecule has 0 aromatic carbocycles. The highest BCUT2D eigenvalue weighted by Crippen LogP contribution is 2.13. The largest absolute Gasteiger partial charge is 0.273 e. The molecule has 0 amide bonds. The summed E-state index contributed by atoms with van der Waals surface area (Å²) >= 11 is 0. The van der Waals surface area contributed by atoms with Gasteiger partial charge in [-0.25, -0.2) is 0 Å². The second-order valence-corrected chi connectivity index (χ2v) is 3.46. The van der Waals surface area contributed by atoms with Crippen LogP contribution in [0.25, 0.3) is 0 Å². The van der Waals surface area contributed by atoms with Gasteiger partial charge in [-0.15, -0.1) is 0 Å². The molecule has 0 saturated carbocycles. The lowest BCUT2D eigenvalue weighted by Gasteiger charge is -2.22. The Morgan fingerprint density at radius 2 is 1.73 bits per heavy atom. The first kappa shape index (κ1) is 8.54. The maximum Gasteiger partial charge on any atom is 0.100 e. The van der Waals surface area contributed by atoms with E-state index in [4.69, 9.17) is 0 Å². The number of rotatable bonds is 4. The molecule has 0 aliphatic carbocycles. The Labute approximate surface area is 69.6 Å². The van der Waals surface area contributed by atoms with E-state index in [0.29, 0.717) is 0 Å². The molecule has 0 spiro atoms. The Balaban J connectivity index is 2.25. The normalized spacial score (nSPS) is 19.5. The number of allylic oxidation sites excluding steroid dienone is 2. The molecular formula is C10H18N+. The molecule has 0 N–H and O–H groups in total. The van der Waals surface area contributed by atoms with Crippen molar-refractivity contribution in [3.8, 4) is 0 Å². The lowest BCUT2D eigenvalue weighted by Crippen LogP contribution is -2.31. The van der Waals surface area contributed by atoms with Crippen LogP contribution in [-0.4, -0.2) is 18.1 Å². The molecule has 1 aliphatic rings. The molecular weight excluding hydrogens is 134 g/mol. The van der Waals surface area contributed by atoms with Gasteiger partial charge >= 0.3 is 0 Å². The van der Waals surface area contributed by atoms with Gasteiger partial charge in [0, 0.05) is 0 Å². The van der Waals surface area contributed by atoms with Crippen LogP contribution in [-0.2, 0) is 0 Å². The summed E-state index contributed by atoms with van der Waals surface area (Å²) in [6.07, 6.45) is 12.8. The van der Waals surface area contributed by atoms with Crippen molar-refractivity contribution in [1.29, 1.82) is 0 Å². The first-order valence-electron chi connectivity index (χ1n) is 4.49. The van der Waals surface area contributed by atoms with Crippen LogP contribution in [0.5, 0.6) is 0 Å². The summed E-state index contributed by atoms with van der Waals surface area (Å²) in [7, 11) is 2.25. The second-order valence-electron chi connectivity index (χ2n) is 3.46. The molecule has 1 nitrogen and oxygen atoms in total. The Morgan fingerprint density at radius 3 is 2.27 bits per heavy atom. The molecule has 1 aliphatic heterocycles. The van der Waals surface area contributed by atoms with Crippen LogP contribution in [0.2, 0.25) is 0 Å². The Hall–Kier alpha value is -0.560. The number of nitrogens with zero attached hydrogens (tertiary/aromatic N) is 1. The fourth-order valence-corrected chi connectivity index (χ4v) is 1.39. The molecule has 0 bridgehead atoms. The average Bonchev–Trinajstić information content (AvgIpc) is 2.38. The van der Waals surface area contributed by atoms with Crippen LogP contribution < -0.4 is 0 Å². The van der Waals surface area contributed by atoms with Gasteiger partial charge in [0.2, 0.25) is 0 Å². The Bertz CT molecular complexity index is 156. The van der Waals surface area contributed by atoms with Crippen LogP contribution in [0.4, 0.5) is 0 Å². The first-order chi connectivity index (χ1) is 5.27. The lowest BCUT2D eigenvalue weighted by molar-refractivity contribution is -0.804. The lowest BCUT2D eigenvalue weighted by atomic mass is 10.2.